The molecule has 3 heteroatoms. The minimum atomic E-state index is 0.0131. The smallest absolute Gasteiger partial charge is 0.147 e. The van der Waals surface area contributed by atoms with E-state index in [1.54, 1.807) is 0 Å². The maximum absolute atomic E-state index is 11.2. The number of anilines is 1. The number of aryl methyl sites for hydroxylation is 1. The van der Waals surface area contributed by atoms with Gasteiger partial charge in [0.15, 0.2) is 0 Å². The predicted molar refractivity (Wildman–Crippen MR) is 64.3 cm³/mol. The van der Waals surface area contributed by atoms with E-state index in [1.165, 1.54) is 0 Å². The molecular weight excluding hydrogens is 200 g/mol. The van der Waals surface area contributed by atoms with Crippen molar-refractivity contribution in [3.8, 4) is 6.07 Å². The largest absolute Gasteiger partial charge is 0.378 e. The Labute approximate surface area is 96.3 Å². The fourth-order valence-corrected chi connectivity index (χ4v) is 1.42. The van der Waals surface area contributed by atoms with E-state index in [1.807, 2.05) is 49.3 Å². The summed E-state index contributed by atoms with van der Waals surface area (Å²) in [5.74, 6) is 0.0131. The number of hydrogen-bond acceptors (Lipinski definition) is 3. The van der Waals surface area contributed by atoms with Gasteiger partial charge in [-0.1, -0.05) is 12.1 Å². The van der Waals surface area contributed by atoms with Crippen LogP contribution in [0.15, 0.2) is 24.3 Å². The van der Waals surface area contributed by atoms with Crippen LogP contribution < -0.4 is 4.90 Å². The number of nitrogens with zero attached hydrogens (tertiary/aromatic N) is 2. The highest BCUT2D eigenvalue weighted by atomic mass is 16.1. The molecule has 84 valence electrons. The van der Waals surface area contributed by atoms with Gasteiger partial charge in [-0.3, -0.25) is 4.79 Å². The van der Waals surface area contributed by atoms with E-state index >= 15 is 0 Å². The van der Waals surface area contributed by atoms with Crippen molar-refractivity contribution in [3.63, 3.8) is 0 Å². The molecule has 0 unspecified atom stereocenters. The average molecular weight is 216 g/mol. The minimum Gasteiger partial charge on any atom is -0.378 e. The zero-order valence-corrected chi connectivity index (χ0v) is 9.73. The van der Waals surface area contributed by atoms with Gasteiger partial charge in [-0.15, -0.1) is 0 Å². The Hall–Kier alpha value is -1.82. The second-order valence-corrected chi connectivity index (χ2v) is 3.93. The van der Waals surface area contributed by atoms with Gasteiger partial charge >= 0.3 is 0 Å². The second kappa shape index (κ2) is 5.92. The number of benzene rings is 1. The van der Waals surface area contributed by atoms with E-state index in [-0.39, 0.29) is 12.2 Å². The van der Waals surface area contributed by atoms with Crippen LogP contribution in [0.3, 0.4) is 0 Å². The first kappa shape index (κ1) is 12.3. The number of nitriles is 1. The van der Waals surface area contributed by atoms with Crippen molar-refractivity contribution in [1.82, 2.24) is 0 Å². The first-order valence-corrected chi connectivity index (χ1v) is 5.28. The summed E-state index contributed by atoms with van der Waals surface area (Å²) in [6.07, 6.45) is 1.19. The van der Waals surface area contributed by atoms with E-state index in [4.69, 9.17) is 5.26 Å². The second-order valence-electron chi connectivity index (χ2n) is 3.93. The summed E-state index contributed by atoms with van der Waals surface area (Å²) < 4.78 is 0. The lowest BCUT2D eigenvalue weighted by Crippen LogP contribution is -2.08. The third-order valence-electron chi connectivity index (χ3n) is 2.42. The molecule has 0 aliphatic rings. The summed E-state index contributed by atoms with van der Waals surface area (Å²) in [5, 5.41) is 8.35. The number of carbonyl (C=O) groups is 1. The van der Waals surface area contributed by atoms with E-state index in [0.717, 1.165) is 11.3 Å². The van der Waals surface area contributed by atoms with Gasteiger partial charge in [0.25, 0.3) is 0 Å². The molecule has 0 fully saturated rings. The molecule has 0 radical (unpaired) electrons. The fourth-order valence-electron chi connectivity index (χ4n) is 1.42. The highest BCUT2D eigenvalue weighted by Gasteiger charge is 2.02. The molecular formula is C13H16N2O. The first-order chi connectivity index (χ1) is 7.63. The summed E-state index contributed by atoms with van der Waals surface area (Å²) in [6, 6.07) is 9.98. The van der Waals surface area contributed by atoms with Crippen molar-refractivity contribution < 1.29 is 4.79 Å². The standard InChI is InChI=1S/C13H16N2O/c1-15(2)12-6-3-11(4-7-12)5-8-13(16)9-10-14/h3-4,6-7H,5,8-9H2,1-2H3. The third kappa shape index (κ3) is 3.74. The van der Waals surface area contributed by atoms with Crippen molar-refractivity contribution in [3.05, 3.63) is 29.8 Å². The highest BCUT2D eigenvalue weighted by Crippen LogP contribution is 2.13. The lowest BCUT2D eigenvalue weighted by Gasteiger charge is -2.12. The first-order valence-electron chi connectivity index (χ1n) is 5.28. The zero-order chi connectivity index (χ0) is 12.0. The molecule has 0 atom stereocenters. The van der Waals surface area contributed by atoms with Crippen LogP contribution in [0.1, 0.15) is 18.4 Å². The zero-order valence-electron chi connectivity index (χ0n) is 9.73. The van der Waals surface area contributed by atoms with Gasteiger partial charge in [0.05, 0.1) is 12.5 Å². The molecule has 1 aromatic rings. The lowest BCUT2D eigenvalue weighted by molar-refractivity contribution is -0.118. The van der Waals surface area contributed by atoms with Crippen LogP contribution in [0.4, 0.5) is 5.69 Å². The van der Waals surface area contributed by atoms with Crippen molar-refractivity contribution in [2.75, 3.05) is 19.0 Å². The van der Waals surface area contributed by atoms with Crippen molar-refractivity contribution in [1.29, 1.82) is 5.26 Å². The van der Waals surface area contributed by atoms with E-state index < -0.39 is 0 Å². The molecule has 0 bridgehead atoms. The number of hydrogen-bond donors (Lipinski definition) is 0. The van der Waals surface area contributed by atoms with Gasteiger partial charge in [0.1, 0.15) is 5.78 Å². The molecule has 0 spiro atoms. The molecule has 0 saturated carbocycles. The fraction of sp³-hybridized carbons (Fsp3) is 0.385. The molecule has 1 aromatic carbocycles. The monoisotopic (exact) mass is 216 g/mol. The van der Waals surface area contributed by atoms with Crippen molar-refractivity contribution in [2.24, 2.45) is 0 Å². The number of rotatable bonds is 5. The summed E-state index contributed by atoms with van der Waals surface area (Å²) in [6.45, 7) is 0. The van der Waals surface area contributed by atoms with Crippen LogP contribution in [-0.2, 0) is 11.2 Å². The van der Waals surface area contributed by atoms with Crippen LogP contribution in [0.5, 0.6) is 0 Å². The Bertz CT molecular complexity index is 387. The van der Waals surface area contributed by atoms with E-state index in [9.17, 15) is 4.79 Å². The molecule has 0 amide bonds. The Balaban J connectivity index is 2.50. The Morgan fingerprint density at radius 2 is 1.94 bits per heavy atom. The number of ketones is 1. The van der Waals surface area contributed by atoms with Crippen molar-refractivity contribution in [2.45, 2.75) is 19.3 Å². The Kier molecular flexibility index (Phi) is 4.53. The quantitative estimate of drug-likeness (QED) is 0.757. The maximum Gasteiger partial charge on any atom is 0.147 e. The molecule has 0 aliphatic heterocycles. The summed E-state index contributed by atoms with van der Waals surface area (Å²) in [4.78, 5) is 13.2. The normalized spacial score (nSPS) is 9.56. The SMILES string of the molecule is CN(C)c1ccc(CCC(=O)CC#N)cc1. The molecule has 0 aliphatic carbocycles. The van der Waals surface area contributed by atoms with Crippen LogP contribution in [0.2, 0.25) is 0 Å². The van der Waals surface area contributed by atoms with Gasteiger partial charge in [0.2, 0.25) is 0 Å². The van der Waals surface area contributed by atoms with Gasteiger partial charge in [-0.2, -0.15) is 5.26 Å². The van der Waals surface area contributed by atoms with Crippen LogP contribution in [0, 0.1) is 11.3 Å². The predicted octanol–water partition coefficient (Wildman–Crippen LogP) is 2.17. The van der Waals surface area contributed by atoms with Gasteiger partial charge in [-0.25, -0.2) is 0 Å². The Morgan fingerprint density at radius 3 is 2.44 bits per heavy atom. The minimum absolute atomic E-state index is 0.0131. The molecule has 0 saturated heterocycles. The summed E-state index contributed by atoms with van der Waals surface area (Å²) >= 11 is 0. The molecule has 0 heterocycles. The van der Waals surface area contributed by atoms with Crippen molar-refractivity contribution >= 4 is 11.5 Å². The summed E-state index contributed by atoms with van der Waals surface area (Å²) in [5.41, 5.74) is 2.28. The summed E-state index contributed by atoms with van der Waals surface area (Å²) in [7, 11) is 3.98. The van der Waals surface area contributed by atoms with Gasteiger partial charge in [0, 0.05) is 26.2 Å². The van der Waals surface area contributed by atoms with Crippen LogP contribution in [0.25, 0.3) is 0 Å². The average Bonchev–Trinajstić information content (AvgIpc) is 2.27. The maximum atomic E-state index is 11.2. The van der Waals surface area contributed by atoms with E-state index in [0.29, 0.717) is 12.8 Å². The van der Waals surface area contributed by atoms with Gasteiger partial charge in [-0.05, 0) is 24.1 Å². The molecule has 1 rings (SSSR count). The van der Waals surface area contributed by atoms with Crippen LogP contribution >= 0.6 is 0 Å². The number of carbonyl (C=O) groups excluding carboxylic acids is 1. The topological polar surface area (TPSA) is 44.1 Å². The highest BCUT2D eigenvalue weighted by molar-refractivity contribution is 5.80. The van der Waals surface area contributed by atoms with E-state index in [2.05, 4.69) is 0 Å². The third-order valence-corrected chi connectivity index (χ3v) is 2.42. The molecule has 0 aromatic heterocycles. The lowest BCUT2D eigenvalue weighted by atomic mass is 10.1. The van der Waals surface area contributed by atoms with Crippen LogP contribution in [-0.4, -0.2) is 19.9 Å². The molecule has 16 heavy (non-hydrogen) atoms. The Morgan fingerprint density at radius 1 is 1.31 bits per heavy atom. The van der Waals surface area contributed by atoms with Gasteiger partial charge < -0.3 is 4.90 Å². The number of Topliss-reactive ketones (excluding diaryl/α,β-unsaturated/α-hetero) is 1. The molecule has 3 nitrogen and oxygen atoms in total. The molecule has 0 N–H and O–H groups in total.